The van der Waals surface area contributed by atoms with E-state index in [1.807, 2.05) is 24.4 Å². The number of piperidine rings is 2. The van der Waals surface area contributed by atoms with Crippen LogP contribution in [0.3, 0.4) is 0 Å². The molecule has 3 aliphatic heterocycles. The van der Waals surface area contributed by atoms with Crippen molar-refractivity contribution >= 4 is 52.1 Å². The standard InChI is InChI=1S/C30H34N8O5/c1-36(25-6-4-22-23(34-25)8-11-32-22)19-9-14-37(15-10-19)17-27(40)33-13-12-31-18-2-3-20-21(16-18)30(43)38(29(20)42)24-5-7-26(39)35-28(24)41/h2-4,6,8,11,16,19,24,31-32H,5,7,9-10,12-15,17H2,1H3,(H,33,40)(H,35,39,41). The zero-order valence-electron chi connectivity index (χ0n) is 23.9. The predicted octanol–water partition coefficient (Wildman–Crippen LogP) is 1.09. The number of carbonyl (C=O) groups excluding carboxylic acids is 5. The summed E-state index contributed by atoms with van der Waals surface area (Å²) in [5, 5.41) is 8.30. The van der Waals surface area contributed by atoms with Gasteiger partial charge in [0.2, 0.25) is 17.7 Å². The lowest BCUT2D eigenvalue weighted by Crippen LogP contribution is -2.54. The molecular formula is C30H34N8O5. The van der Waals surface area contributed by atoms with Crippen molar-refractivity contribution in [2.45, 2.75) is 37.8 Å². The third-order valence-corrected chi connectivity index (χ3v) is 8.44. The zero-order valence-corrected chi connectivity index (χ0v) is 23.9. The van der Waals surface area contributed by atoms with Gasteiger partial charge in [0, 0.05) is 57.6 Å². The minimum absolute atomic E-state index is 0.0530. The Morgan fingerprint density at radius 2 is 1.79 bits per heavy atom. The van der Waals surface area contributed by atoms with Gasteiger partial charge in [0.1, 0.15) is 11.9 Å². The van der Waals surface area contributed by atoms with Gasteiger partial charge in [-0.3, -0.25) is 39.1 Å². The molecule has 0 aliphatic carbocycles. The van der Waals surface area contributed by atoms with Crippen molar-refractivity contribution in [2.75, 3.05) is 50.0 Å². The van der Waals surface area contributed by atoms with Gasteiger partial charge in [-0.2, -0.15) is 0 Å². The summed E-state index contributed by atoms with van der Waals surface area (Å²) in [6.07, 6.45) is 3.96. The van der Waals surface area contributed by atoms with Crippen LogP contribution in [0.4, 0.5) is 11.5 Å². The summed E-state index contributed by atoms with van der Waals surface area (Å²) in [5.41, 5.74) is 3.02. The Kier molecular flexibility index (Phi) is 7.80. The molecule has 3 aromatic rings. The van der Waals surface area contributed by atoms with Crippen molar-refractivity contribution in [1.29, 1.82) is 0 Å². The second-order valence-electron chi connectivity index (χ2n) is 11.2. The molecule has 6 rings (SSSR count). The van der Waals surface area contributed by atoms with E-state index < -0.39 is 29.7 Å². The fraction of sp³-hybridized carbons (Fsp3) is 0.400. The van der Waals surface area contributed by atoms with E-state index in [4.69, 9.17) is 4.98 Å². The highest BCUT2D eigenvalue weighted by molar-refractivity contribution is 6.23. The number of fused-ring (bicyclic) bond motifs is 2. The van der Waals surface area contributed by atoms with Gasteiger partial charge in [0.25, 0.3) is 11.8 Å². The number of aromatic amines is 1. The first-order valence-electron chi connectivity index (χ1n) is 14.5. The van der Waals surface area contributed by atoms with Crippen LogP contribution in [0.15, 0.2) is 42.6 Å². The number of imide groups is 2. The Hall–Kier alpha value is -4.78. The summed E-state index contributed by atoms with van der Waals surface area (Å²) < 4.78 is 0. The summed E-state index contributed by atoms with van der Waals surface area (Å²) in [6.45, 7) is 2.79. The van der Waals surface area contributed by atoms with Crippen molar-refractivity contribution in [3.05, 3.63) is 53.7 Å². The lowest BCUT2D eigenvalue weighted by Gasteiger charge is -2.37. The molecule has 3 aliphatic rings. The normalized spacial score (nSPS) is 19.5. The lowest BCUT2D eigenvalue weighted by molar-refractivity contribution is -0.136. The number of rotatable bonds is 9. The molecule has 13 heteroatoms. The van der Waals surface area contributed by atoms with Crippen LogP contribution in [0.1, 0.15) is 46.4 Å². The molecule has 2 aromatic heterocycles. The summed E-state index contributed by atoms with van der Waals surface area (Å²) >= 11 is 0. The number of carbonyl (C=O) groups is 5. The monoisotopic (exact) mass is 586 g/mol. The zero-order chi connectivity index (χ0) is 30.1. The molecule has 4 N–H and O–H groups in total. The molecule has 2 saturated heterocycles. The topological polar surface area (TPSA) is 160 Å². The first-order chi connectivity index (χ1) is 20.8. The number of pyridine rings is 1. The maximum absolute atomic E-state index is 13.0. The van der Waals surface area contributed by atoms with Crippen LogP contribution in [0.25, 0.3) is 11.0 Å². The SMILES string of the molecule is CN(c1ccc2[nH]ccc2n1)C1CCN(CC(=O)NCCNc2ccc3c(c2)C(=O)N(C2CCC(=O)NC2=O)C3=O)CC1. The number of H-pyrrole nitrogens is 1. The second-order valence-corrected chi connectivity index (χ2v) is 11.2. The van der Waals surface area contributed by atoms with Crippen LogP contribution >= 0.6 is 0 Å². The number of aromatic nitrogens is 2. The minimum atomic E-state index is -1.000. The summed E-state index contributed by atoms with van der Waals surface area (Å²) in [4.78, 5) is 75.4. The average Bonchev–Trinajstić information content (AvgIpc) is 3.57. The van der Waals surface area contributed by atoms with Crippen LogP contribution in [0.2, 0.25) is 0 Å². The van der Waals surface area contributed by atoms with E-state index in [0.717, 1.165) is 47.7 Å². The van der Waals surface area contributed by atoms with Crippen molar-refractivity contribution in [2.24, 2.45) is 0 Å². The molecule has 224 valence electrons. The fourth-order valence-corrected chi connectivity index (χ4v) is 6.02. The van der Waals surface area contributed by atoms with E-state index in [1.54, 1.807) is 18.2 Å². The van der Waals surface area contributed by atoms with Crippen LogP contribution in [-0.2, 0) is 14.4 Å². The van der Waals surface area contributed by atoms with Gasteiger partial charge >= 0.3 is 0 Å². The largest absolute Gasteiger partial charge is 0.383 e. The smallest absolute Gasteiger partial charge is 0.262 e. The molecule has 0 radical (unpaired) electrons. The molecule has 1 unspecified atom stereocenters. The summed E-state index contributed by atoms with van der Waals surface area (Å²) in [5.74, 6) is -1.26. The first kappa shape index (κ1) is 28.3. The average molecular weight is 587 g/mol. The van der Waals surface area contributed by atoms with E-state index in [-0.39, 0.29) is 29.9 Å². The van der Waals surface area contributed by atoms with Gasteiger partial charge < -0.3 is 20.5 Å². The van der Waals surface area contributed by atoms with Crippen molar-refractivity contribution in [3.63, 3.8) is 0 Å². The van der Waals surface area contributed by atoms with Gasteiger partial charge in [0.05, 0.1) is 28.7 Å². The Labute approximate surface area is 248 Å². The molecule has 1 atom stereocenters. The molecule has 0 spiro atoms. The molecular weight excluding hydrogens is 552 g/mol. The van der Waals surface area contributed by atoms with Crippen LogP contribution in [-0.4, -0.2) is 101 Å². The molecule has 1 aromatic carbocycles. The Balaban J connectivity index is 0.932. The first-order valence-corrected chi connectivity index (χ1v) is 14.5. The molecule has 2 fully saturated rings. The van der Waals surface area contributed by atoms with E-state index in [2.05, 4.69) is 37.8 Å². The number of nitrogens with one attached hydrogen (secondary N) is 4. The maximum Gasteiger partial charge on any atom is 0.262 e. The number of anilines is 2. The minimum Gasteiger partial charge on any atom is -0.383 e. The quantitative estimate of drug-likeness (QED) is 0.213. The fourth-order valence-electron chi connectivity index (χ4n) is 6.02. The number of amides is 5. The maximum atomic E-state index is 13.0. The van der Waals surface area contributed by atoms with Crippen molar-refractivity contribution < 1.29 is 24.0 Å². The highest BCUT2D eigenvalue weighted by Gasteiger charge is 2.44. The third-order valence-electron chi connectivity index (χ3n) is 8.44. The van der Waals surface area contributed by atoms with E-state index in [9.17, 15) is 24.0 Å². The molecule has 5 heterocycles. The Morgan fingerprint density at radius 1 is 1.00 bits per heavy atom. The summed E-state index contributed by atoms with van der Waals surface area (Å²) in [7, 11) is 2.07. The van der Waals surface area contributed by atoms with Crippen LogP contribution in [0.5, 0.6) is 0 Å². The predicted molar refractivity (Wildman–Crippen MR) is 159 cm³/mol. The molecule has 13 nitrogen and oxygen atoms in total. The van der Waals surface area contributed by atoms with Gasteiger partial charge in [0.15, 0.2) is 0 Å². The van der Waals surface area contributed by atoms with Crippen LogP contribution < -0.4 is 20.9 Å². The highest BCUT2D eigenvalue weighted by Crippen LogP contribution is 2.29. The van der Waals surface area contributed by atoms with Gasteiger partial charge in [-0.15, -0.1) is 0 Å². The van der Waals surface area contributed by atoms with Gasteiger partial charge in [-0.1, -0.05) is 0 Å². The van der Waals surface area contributed by atoms with Crippen molar-refractivity contribution in [1.82, 2.24) is 30.4 Å². The molecule has 5 amide bonds. The second kappa shape index (κ2) is 11.8. The van der Waals surface area contributed by atoms with E-state index in [0.29, 0.717) is 31.4 Å². The van der Waals surface area contributed by atoms with E-state index >= 15 is 0 Å². The molecule has 0 bridgehead atoms. The van der Waals surface area contributed by atoms with E-state index in [1.165, 1.54) is 0 Å². The summed E-state index contributed by atoms with van der Waals surface area (Å²) in [6, 6.07) is 10.2. The lowest BCUT2D eigenvalue weighted by atomic mass is 10.0. The van der Waals surface area contributed by atoms with Crippen LogP contribution in [0, 0.1) is 0 Å². The molecule has 0 saturated carbocycles. The highest BCUT2D eigenvalue weighted by atomic mass is 16.2. The number of hydrogen-bond donors (Lipinski definition) is 4. The number of likely N-dealkylation sites (tertiary alicyclic amines) is 1. The third kappa shape index (κ3) is 5.80. The number of hydrogen-bond acceptors (Lipinski definition) is 9. The number of nitrogens with zero attached hydrogens (tertiary/aromatic N) is 4. The van der Waals surface area contributed by atoms with Gasteiger partial charge in [-0.25, -0.2) is 4.98 Å². The van der Waals surface area contributed by atoms with Crippen molar-refractivity contribution in [3.8, 4) is 0 Å². The Morgan fingerprint density at radius 3 is 2.58 bits per heavy atom. The van der Waals surface area contributed by atoms with Gasteiger partial charge in [-0.05, 0) is 55.7 Å². The number of benzene rings is 1. The molecule has 43 heavy (non-hydrogen) atoms. The Bertz CT molecular complexity index is 1590.